The van der Waals surface area contributed by atoms with E-state index in [9.17, 15) is 4.79 Å². The van der Waals surface area contributed by atoms with Gasteiger partial charge < -0.3 is 0 Å². The van der Waals surface area contributed by atoms with Gasteiger partial charge in [-0.1, -0.05) is 6.07 Å². The average Bonchev–Trinajstić information content (AvgIpc) is 2.72. The smallest absolute Gasteiger partial charge is 0.214 e. The molecule has 2 heterocycles. The molecule has 0 bridgehead atoms. The summed E-state index contributed by atoms with van der Waals surface area (Å²) in [6.07, 6.45) is 0. The first-order valence-electron chi connectivity index (χ1n) is 3.60. The first kappa shape index (κ1) is 9.12. The van der Waals surface area contributed by atoms with E-state index < -0.39 is 0 Å². The molecule has 2 aromatic heterocycles. The Kier molecular flexibility index (Phi) is 2.62. The molecule has 2 aromatic rings. The number of carbonyl (C=O) groups excluding carboxylic acids is 1. The van der Waals surface area contributed by atoms with E-state index in [4.69, 9.17) is 0 Å². The molecular formula is C9H5BrOS2. The van der Waals surface area contributed by atoms with Crippen LogP contribution in [0.1, 0.15) is 14.5 Å². The molecule has 4 heteroatoms. The Morgan fingerprint density at radius 1 is 1.23 bits per heavy atom. The second-order valence-electron chi connectivity index (χ2n) is 2.40. The molecule has 0 aliphatic rings. The maximum atomic E-state index is 11.8. The Labute approximate surface area is 92.2 Å². The van der Waals surface area contributed by atoms with Crippen molar-refractivity contribution < 1.29 is 4.79 Å². The number of hydrogen-bond acceptors (Lipinski definition) is 3. The minimum absolute atomic E-state index is 0.108. The van der Waals surface area contributed by atoms with Crippen LogP contribution in [0.2, 0.25) is 0 Å². The van der Waals surface area contributed by atoms with Crippen molar-refractivity contribution in [3.05, 3.63) is 43.2 Å². The van der Waals surface area contributed by atoms with Gasteiger partial charge in [0.25, 0.3) is 0 Å². The molecule has 0 amide bonds. The fourth-order valence-electron chi connectivity index (χ4n) is 0.975. The van der Waals surface area contributed by atoms with E-state index in [1.807, 2.05) is 29.0 Å². The summed E-state index contributed by atoms with van der Waals surface area (Å²) in [5, 5.41) is 3.82. The lowest BCUT2D eigenvalue weighted by atomic mass is 10.3. The lowest BCUT2D eigenvalue weighted by Gasteiger charge is -1.93. The van der Waals surface area contributed by atoms with Crippen LogP contribution in [0.5, 0.6) is 0 Å². The van der Waals surface area contributed by atoms with E-state index in [1.165, 1.54) is 22.7 Å². The summed E-state index contributed by atoms with van der Waals surface area (Å²) in [4.78, 5) is 13.4. The molecule has 2 rings (SSSR count). The van der Waals surface area contributed by atoms with E-state index in [0.29, 0.717) is 0 Å². The van der Waals surface area contributed by atoms with Gasteiger partial charge in [-0.15, -0.1) is 22.7 Å². The molecule has 0 saturated heterocycles. The first-order valence-corrected chi connectivity index (χ1v) is 6.15. The highest BCUT2D eigenvalue weighted by molar-refractivity contribution is 9.10. The summed E-state index contributed by atoms with van der Waals surface area (Å²) in [6.45, 7) is 0. The van der Waals surface area contributed by atoms with Gasteiger partial charge in [0.05, 0.1) is 9.75 Å². The summed E-state index contributed by atoms with van der Waals surface area (Å²) in [7, 11) is 0. The van der Waals surface area contributed by atoms with Crippen LogP contribution in [0.3, 0.4) is 0 Å². The predicted octanol–water partition coefficient (Wildman–Crippen LogP) is 3.80. The molecule has 0 aliphatic carbocycles. The number of hydrogen-bond donors (Lipinski definition) is 0. The minimum atomic E-state index is 0.108. The Morgan fingerprint density at radius 2 is 2.08 bits per heavy atom. The molecule has 0 aliphatic heterocycles. The lowest BCUT2D eigenvalue weighted by Crippen LogP contribution is -1.95. The molecular weight excluding hydrogens is 268 g/mol. The highest BCUT2D eigenvalue weighted by atomic mass is 79.9. The first-order chi connectivity index (χ1) is 6.29. The Bertz CT molecular complexity index is 417. The molecule has 0 N–H and O–H groups in total. The standard InChI is InChI=1S/C9H5BrOS2/c10-6-3-5-13-9(6)8(11)7-2-1-4-12-7/h1-5H. The molecule has 0 radical (unpaired) electrons. The van der Waals surface area contributed by atoms with Gasteiger partial charge >= 0.3 is 0 Å². The second-order valence-corrected chi connectivity index (χ2v) is 5.12. The molecule has 66 valence electrons. The number of thiophene rings is 2. The summed E-state index contributed by atoms with van der Waals surface area (Å²) < 4.78 is 0.885. The van der Waals surface area contributed by atoms with Crippen LogP contribution < -0.4 is 0 Å². The fraction of sp³-hybridized carbons (Fsp3) is 0. The van der Waals surface area contributed by atoms with Crippen LogP contribution >= 0.6 is 38.6 Å². The molecule has 0 aromatic carbocycles. The largest absolute Gasteiger partial charge is 0.287 e. The molecule has 13 heavy (non-hydrogen) atoms. The van der Waals surface area contributed by atoms with Crippen molar-refractivity contribution in [2.24, 2.45) is 0 Å². The number of carbonyl (C=O) groups is 1. The second kappa shape index (κ2) is 3.74. The zero-order chi connectivity index (χ0) is 9.26. The maximum Gasteiger partial charge on any atom is 0.214 e. The Hall–Kier alpha value is -0.450. The normalized spacial score (nSPS) is 10.2. The van der Waals surface area contributed by atoms with Crippen LogP contribution in [-0.4, -0.2) is 5.78 Å². The summed E-state index contributed by atoms with van der Waals surface area (Å²) in [6, 6.07) is 5.63. The van der Waals surface area contributed by atoms with Crippen LogP contribution in [0.4, 0.5) is 0 Å². The van der Waals surface area contributed by atoms with Crippen LogP contribution in [-0.2, 0) is 0 Å². The van der Waals surface area contributed by atoms with Crippen molar-refractivity contribution in [3.8, 4) is 0 Å². The molecule has 0 spiro atoms. The van der Waals surface area contributed by atoms with Gasteiger partial charge in [0, 0.05) is 4.47 Å². The van der Waals surface area contributed by atoms with E-state index in [-0.39, 0.29) is 5.78 Å². The summed E-state index contributed by atoms with van der Waals surface area (Å²) in [5.41, 5.74) is 0. The summed E-state index contributed by atoms with van der Waals surface area (Å²) in [5.74, 6) is 0.108. The maximum absolute atomic E-state index is 11.8. The van der Waals surface area contributed by atoms with E-state index in [0.717, 1.165) is 14.2 Å². The highest BCUT2D eigenvalue weighted by Crippen LogP contribution is 2.26. The third kappa shape index (κ3) is 1.75. The molecule has 0 saturated carbocycles. The zero-order valence-corrected chi connectivity index (χ0v) is 9.71. The quantitative estimate of drug-likeness (QED) is 0.760. The van der Waals surface area contributed by atoms with Crippen molar-refractivity contribution in [1.29, 1.82) is 0 Å². The predicted molar refractivity (Wildman–Crippen MR) is 59.8 cm³/mol. The highest BCUT2D eigenvalue weighted by Gasteiger charge is 2.14. The van der Waals surface area contributed by atoms with Gasteiger partial charge in [0.15, 0.2) is 0 Å². The number of rotatable bonds is 2. The summed E-state index contributed by atoms with van der Waals surface area (Å²) >= 11 is 6.29. The van der Waals surface area contributed by atoms with E-state index in [1.54, 1.807) is 0 Å². The van der Waals surface area contributed by atoms with E-state index in [2.05, 4.69) is 15.9 Å². The van der Waals surface area contributed by atoms with Gasteiger partial charge in [0.1, 0.15) is 0 Å². The third-order valence-corrected chi connectivity index (χ3v) is 4.27. The number of halogens is 1. The minimum Gasteiger partial charge on any atom is -0.287 e. The van der Waals surface area contributed by atoms with Crippen LogP contribution in [0.15, 0.2) is 33.4 Å². The topological polar surface area (TPSA) is 17.1 Å². The lowest BCUT2D eigenvalue weighted by molar-refractivity contribution is 0.104. The third-order valence-electron chi connectivity index (χ3n) is 1.57. The molecule has 0 atom stereocenters. The molecule has 0 fully saturated rings. The Balaban J connectivity index is 2.39. The van der Waals surface area contributed by atoms with Crippen molar-refractivity contribution in [3.63, 3.8) is 0 Å². The van der Waals surface area contributed by atoms with Crippen molar-refractivity contribution >= 4 is 44.4 Å². The van der Waals surface area contributed by atoms with E-state index >= 15 is 0 Å². The van der Waals surface area contributed by atoms with Crippen molar-refractivity contribution in [1.82, 2.24) is 0 Å². The van der Waals surface area contributed by atoms with Gasteiger partial charge in [-0.3, -0.25) is 4.79 Å². The van der Waals surface area contributed by atoms with Gasteiger partial charge in [-0.25, -0.2) is 0 Å². The fourth-order valence-corrected chi connectivity index (χ4v) is 3.22. The SMILES string of the molecule is O=C(c1cccs1)c1sccc1Br. The monoisotopic (exact) mass is 272 g/mol. The van der Waals surface area contributed by atoms with Gasteiger partial charge in [-0.2, -0.15) is 0 Å². The van der Waals surface area contributed by atoms with Gasteiger partial charge in [0.2, 0.25) is 5.78 Å². The van der Waals surface area contributed by atoms with Crippen molar-refractivity contribution in [2.45, 2.75) is 0 Å². The van der Waals surface area contributed by atoms with Crippen LogP contribution in [0, 0.1) is 0 Å². The van der Waals surface area contributed by atoms with Crippen molar-refractivity contribution in [2.75, 3.05) is 0 Å². The molecule has 1 nitrogen and oxygen atoms in total. The zero-order valence-electron chi connectivity index (χ0n) is 6.49. The number of ketones is 1. The van der Waals surface area contributed by atoms with Crippen LogP contribution in [0.25, 0.3) is 0 Å². The Morgan fingerprint density at radius 3 is 2.62 bits per heavy atom. The average molecular weight is 273 g/mol. The van der Waals surface area contributed by atoms with Gasteiger partial charge in [-0.05, 0) is 38.8 Å². The molecule has 0 unspecified atom stereocenters.